The summed E-state index contributed by atoms with van der Waals surface area (Å²) in [5, 5.41) is 0. The van der Waals surface area contributed by atoms with E-state index >= 15 is 0 Å². The first-order valence-corrected chi connectivity index (χ1v) is 9.82. The lowest BCUT2D eigenvalue weighted by Crippen LogP contribution is -2.04. The highest BCUT2D eigenvalue weighted by molar-refractivity contribution is 14.1. The average molecular weight is 436 g/mol. The van der Waals surface area contributed by atoms with Crippen LogP contribution >= 0.6 is 22.6 Å². The SMILES string of the molecule is CCCCCCCCOc1ccc(C(=O)c2ccccc2)c(I)c1. The number of hydrogen-bond donors (Lipinski definition) is 0. The number of ether oxygens (including phenoxy) is 1. The minimum absolute atomic E-state index is 0.0578. The van der Waals surface area contributed by atoms with Gasteiger partial charge < -0.3 is 4.74 Å². The Balaban J connectivity index is 1.85. The Labute approximate surface area is 158 Å². The number of unbranched alkanes of at least 4 members (excludes halogenated alkanes) is 5. The molecule has 0 radical (unpaired) electrons. The maximum Gasteiger partial charge on any atom is 0.194 e. The molecule has 2 aromatic rings. The number of carbonyl (C=O) groups is 1. The van der Waals surface area contributed by atoms with Crippen molar-refractivity contribution in [2.75, 3.05) is 6.61 Å². The van der Waals surface area contributed by atoms with Crippen molar-refractivity contribution < 1.29 is 9.53 Å². The number of hydrogen-bond acceptors (Lipinski definition) is 2. The van der Waals surface area contributed by atoms with Gasteiger partial charge in [-0.25, -0.2) is 0 Å². The van der Waals surface area contributed by atoms with Crippen LogP contribution in [-0.2, 0) is 0 Å². The van der Waals surface area contributed by atoms with E-state index in [0.717, 1.165) is 33.5 Å². The standard InChI is InChI=1S/C21H25IO2/c1-2-3-4-5-6-10-15-24-18-13-14-19(20(22)16-18)21(23)17-11-8-7-9-12-17/h7-9,11-14,16H,2-6,10,15H2,1H3. The Bertz CT molecular complexity index is 638. The molecular weight excluding hydrogens is 411 g/mol. The molecule has 0 heterocycles. The molecule has 0 atom stereocenters. The van der Waals surface area contributed by atoms with E-state index in [2.05, 4.69) is 29.5 Å². The van der Waals surface area contributed by atoms with Gasteiger partial charge in [0, 0.05) is 14.7 Å². The molecule has 24 heavy (non-hydrogen) atoms. The fourth-order valence-corrected chi connectivity index (χ4v) is 3.32. The van der Waals surface area contributed by atoms with Crippen molar-refractivity contribution in [2.24, 2.45) is 0 Å². The topological polar surface area (TPSA) is 26.3 Å². The molecule has 0 saturated carbocycles. The van der Waals surface area contributed by atoms with Crippen LogP contribution in [0.1, 0.15) is 61.4 Å². The van der Waals surface area contributed by atoms with Crippen LogP contribution in [0.5, 0.6) is 5.75 Å². The third kappa shape index (κ3) is 5.93. The van der Waals surface area contributed by atoms with Crippen molar-refractivity contribution in [3.05, 3.63) is 63.2 Å². The fraction of sp³-hybridized carbons (Fsp3) is 0.381. The second kappa shape index (κ2) is 10.5. The first kappa shape index (κ1) is 19.0. The summed E-state index contributed by atoms with van der Waals surface area (Å²) in [6.45, 7) is 2.98. The third-order valence-corrected chi connectivity index (χ3v) is 4.88. The molecule has 0 unspecified atom stereocenters. The van der Waals surface area contributed by atoms with E-state index in [1.165, 1.54) is 32.1 Å². The molecule has 0 saturated heterocycles. The average Bonchev–Trinajstić information content (AvgIpc) is 2.61. The molecule has 0 aliphatic heterocycles. The lowest BCUT2D eigenvalue weighted by molar-refractivity contribution is 0.103. The van der Waals surface area contributed by atoms with E-state index in [9.17, 15) is 4.79 Å². The van der Waals surface area contributed by atoms with Crippen molar-refractivity contribution in [1.82, 2.24) is 0 Å². The zero-order chi connectivity index (χ0) is 17.2. The maximum absolute atomic E-state index is 12.5. The lowest BCUT2D eigenvalue weighted by atomic mass is 10.0. The van der Waals surface area contributed by atoms with Gasteiger partial charge in [0.25, 0.3) is 0 Å². The van der Waals surface area contributed by atoms with Gasteiger partial charge >= 0.3 is 0 Å². The summed E-state index contributed by atoms with van der Waals surface area (Å²) in [7, 11) is 0. The number of rotatable bonds is 10. The first-order chi connectivity index (χ1) is 11.7. The number of benzene rings is 2. The number of halogens is 1. The van der Waals surface area contributed by atoms with E-state index in [4.69, 9.17) is 4.74 Å². The Morgan fingerprint density at radius 2 is 1.67 bits per heavy atom. The molecule has 0 aliphatic carbocycles. The van der Waals surface area contributed by atoms with E-state index < -0.39 is 0 Å². The molecular formula is C21H25IO2. The number of ketones is 1. The van der Waals surface area contributed by atoms with Crippen LogP contribution in [0.3, 0.4) is 0 Å². The van der Waals surface area contributed by atoms with Gasteiger partial charge in [0.05, 0.1) is 6.61 Å². The highest BCUT2D eigenvalue weighted by atomic mass is 127. The molecule has 2 rings (SSSR count). The van der Waals surface area contributed by atoms with Gasteiger partial charge in [0.2, 0.25) is 0 Å². The van der Waals surface area contributed by atoms with Gasteiger partial charge in [-0.3, -0.25) is 4.79 Å². The minimum atomic E-state index is 0.0578. The van der Waals surface area contributed by atoms with Crippen LogP contribution in [0.25, 0.3) is 0 Å². The Morgan fingerprint density at radius 3 is 2.38 bits per heavy atom. The normalized spacial score (nSPS) is 10.6. The molecule has 2 nitrogen and oxygen atoms in total. The predicted molar refractivity (Wildman–Crippen MR) is 108 cm³/mol. The Hall–Kier alpha value is -1.36. The smallest absolute Gasteiger partial charge is 0.194 e. The van der Waals surface area contributed by atoms with Gasteiger partial charge in [0.15, 0.2) is 5.78 Å². The zero-order valence-electron chi connectivity index (χ0n) is 14.3. The van der Waals surface area contributed by atoms with Gasteiger partial charge in [0.1, 0.15) is 5.75 Å². The molecule has 0 aromatic heterocycles. The van der Waals surface area contributed by atoms with Gasteiger partial charge in [-0.05, 0) is 47.2 Å². The van der Waals surface area contributed by atoms with Crippen LogP contribution in [0, 0.1) is 3.57 Å². The summed E-state index contributed by atoms with van der Waals surface area (Å²) >= 11 is 2.21. The molecule has 0 fully saturated rings. The summed E-state index contributed by atoms with van der Waals surface area (Å²) in [5.41, 5.74) is 1.45. The van der Waals surface area contributed by atoms with E-state index in [1.807, 2.05) is 48.5 Å². The molecule has 0 spiro atoms. The Kier molecular flexibility index (Phi) is 8.29. The lowest BCUT2D eigenvalue weighted by Gasteiger charge is -2.09. The van der Waals surface area contributed by atoms with Gasteiger partial charge in [-0.15, -0.1) is 0 Å². The maximum atomic E-state index is 12.5. The van der Waals surface area contributed by atoms with E-state index in [1.54, 1.807) is 0 Å². The molecule has 2 aromatic carbocycles. The molecule has 3 heteroatoms. The van der Waals surface area contributed by atoms with Crippen LogP contribution in [0.4, 0.5) is 0 Å². The summed E-state index contributed by atoms with van der Waals surface area (Å²) < 4.78 is 6.75. The van der Waals surface area contributed by atoms with Gasteiger partial charge in [-0.1, -0.05) is 69.4 Å². The van der Waals surface area contributed by atoms with Crippen LogP contribution < -0.4 is 4.74 Å². The predicted octanol–water partition coefficient (Wildman–Crippen LogP) is 6.26. The second-order valence-electron chi connectivity index (χ2n) is 5.95. The summed E-state index contributed by atoms with van der Waals surface area (Å²) in [6.07, 6.45) is 7.54. The second-order valence-corrected chi connectivity index (χ2v) is 7.12. The molecule has 0 aliphatic rings. The monoisotopic (exact) mass is 436 g/mol. The zero-order valence-corrected chi connectivity index (χ0v) is 16.4. The van der Waals surface area contributed by atoms with Crippen molar-refractivity contribution in [2.45, 2.75) is 45.4 Å². The van der Waals surface area contributed by atoms with Crippen molar-refractivity contribution in [3.63, 3.8) is 0 Å². The minimum Gasteiger partial charge on any atom is -0.494 e. The van der Waals surface area contributed by atoms with Crippen molar-refractivity contribution in [3.8, 4) is 5.75 Å². The summed E-state index contributed by atoms with van der Waals surface area (Å²) in [5.74, 6) is 0.903. The van der Waals surface area contributed by atoms with Crippen LogP contribution in [0.15, 0.2) is 48.5 Å². The molecule has 0 N–H and O–H groups in total. The summed E-state index contributed by atoms with van der Waals surface area (Å²) in [6, 6.07) is 15.1. The highest BCUT2D eigenvalue weighted by Gasteiger charge is 2.12. The van der Waals surface area contributed by atoms with E-state index in [-0.39, 0.29) is 5.78 Å². The quantitative estimate of drug-likeness (QED) is 0.250. The Morgan fingerprint density at radius 1 is 0.958 bits per heavy atom. The molecule has 0 amide bonds. The first-order valence-electron chi connectivity index (χ1n) is 8.74. The third-order valence-electron chi connectivity index (χ3n) is 3.99. The van der Waals surface area contributed by atoms with Crippen LogP contribution in [0.2, 0.25) is 0 Å². The largest absolute Gasteiger partial charge is 0.494 e. The highest BCUT2D eigenvalue weighted by Crippen LogP contribution is 2.22. The van der Waals surface area contributed by atoms with Crippen molar-refractivity contribution in [1.29, 1.82) is 0 Å². The number of carbonyl (C=O) groups excluding carboxylic acids is 1. The van der Waals surface area contributed by atoms with Gasteiger partial charge in [-0.2, -0.15) is 0 Å². The van der Waals surface area contributed by atoms with E-state index in [0.29, 0.717) is 0 Å². The van der Waals surface area contributed by atoms with Crippen LogP contribution in [-0.4, -0.2) is 12.4 Å². The fourth-order valence-electron chi connectivity index (χ4n) is 2.59. The van der Waals surface area contributed by atoms with Crippen molar-refractivity contribution >= 4 is 28.4 Å². The summed E-state index contributed by atoms with van der Waals surface area (Å²) in [4.78, 5) is 12.5. The molecule has 0 bridgehead atoms. The molecule has 128 valence electrons.